The van der Waals surface area contributed by atoms with Crippen molar-refractivity contribution in [1.82, 2.24) is 0 Å². The molecule has 0 spiro atoms. The molecule has 2 rings (SSSR count). The fourth-order valence-electron chi connectivity index (χ4n) is 1.37. The van der Waals surface area contributed by atoms with Crippen LogP contribution in [0.25, 0.3) is 0 Å². The molecule has 3 heteroatoms. The second-order valence-electron chi connectivity index (χ2n) is 3.56. The summed E-state index contributed by atoms with van der Waals surface area (Å²) in [5, 5.41) is 0. The van der Waals surface area contributed by atoms with Crippen LogP contribution in [0.15, 0.2) is 60.7 Å². The first kappa shape index (κ1) is 12.2. The molecular weight excluding hydrogens is 232 g/mol. The maximum absolute atomic E-state index is 5.34. The zero-order chi connectivity index (χ0) is 11.8. The molecule has 0 atom stereocenters. The fraction of sp³-hybridized carbons (Fsp3) is 0.143. The van der Waals surface area contributed by atoms with Crippen LogP contribution >= 0.6 is 12.3 Å². The Kier molecular flexibility index (Phi) is 5.10. The van der Waals surface area contributed by atoms with E-state index in [2.05, 4.69) is 0 Å². The molecule has 0 fully saturated rings. The van der Waals surface area contributed by atoms with Gasteiger partial charge in [0.15, 0.2) is 12.3 Å². The summed E-state index contributed by atoms with van der Waals surface area (Å²) in [7, 11) is 0. The fourth-order valence-corrected chi connectivity index (χ4v) is 1.80. The van der Waals surface area contributed by atoms with Gasteiger partial charge in [0.05, 0.1) is 13.2 Å². The predicted octanol–water partition coefficient (Wildman–Crippen LogP) is 3.98. The Labute approximate surface area is 106 Å². The molecule has 0 heterocycles. The average molecular weight is 246 g/mol. The van der Waals surface area contributed by atoms with Crippen molar-refractivity contribution in [3.8, 4) is 0 Å². The molecule has 0 saturated heterocycles. The van der Waals surface area contributed by atoms with Crippen molar-refractivity contribution < 1.29 is 8.37 Å². The van der Waals surface area contributed by atoms with Gasteiger partial charge in [0.2, 0.25) is 0 Å². The van der Waals surface area contributed by atoms with Crippen LogP contribution in [0.4, 0.5) is 0 Å². The largest absolute Gasteiger partial charge is 0.287 e. The van der Waals surface area contributed by atoms with E-state index in [-0.39, 0.29) is 0 Å². The molecule has 2 aromatic carbocycles. The van der Waals surface area contributed by atoms with Crippen LogP contribution in [-0.2, 0) is 21.6 Å². The van der Waals surface area contributed by atoms with Crippen LogP contribution < -0.4 is 0 Å². The summed E-state index contributed by atoms with van der Waals surface area (Å²) in [4.78, 5) is 0. The van der Waals surface area contributed by atoms with E-state index in [0.717, 1.165) is 23.5 Å². The molecule has 0 aliphatic rings. The molecule has 0 saturated carbocycles. The Morgan fingerprint density at radius 3 is 1.47 bits per heavy atom. The summed E-state index contributed by atoms with van der Waals surface area (Å²) in [5.41, 5.74) is 2.28. The molecule has 0 aliphatic heterocycles. The third kappa shape index (κ3) is 4.61. The molecule has 0 aromatic heterocycles. The van der Waals surface area contributed by atoms with E-state index in [9.17, 15) is 0 Å². The van der Waals surface area contributed by atoms with Crippen molar-refractivity contribution in [1.29, 1.82) is 0 Å². The number of benzene rings is 2. The van der Waals surface area contributed by atoms with Gasteiger partial charge < -0.3 is 0 Å². The standard InChI is InChI=1S/C14H14O2S/c1-3-7-13(8-4-1)11-15-17-16-12-14-9-5-2-6-10-14/h1-10H,11-12H2. The second-order valence-corrected chi connectivity index (χ2v) is 4.17. The molecule has 17 heavy (non-hydrogen) atoms. The van der Waals surface area contributed by atoms with Crippen molar-refractivity contribution in [2.24, 2.45) is 0 Å². The lowest BCUT2D eigenvalue weighted by molar-refractivity contribution is 0.273. The van der Waals surface area contributed by atoms with Gasteiger partial charge in [-0.25, -0.2) is 0 Å². The zero-order valence-electron chi connectivity index (χ0n) is 9.41. The first-order valence-electron chi connectivity index (χ1n) is 5.44. The first-order valence-corrected chi connectivity index (χ1v) is 6.11. The van der Waals surface area contributed by atoms with Crippen molar-refractivity contribution in [2.45, 2.75) is 13.2 Å². The molecule has 2 nitrogen and oxygen atoms in total. The van der Waals surface area contributed by atoms with Gasteiger partial charge in [-0.2, -0.15) is 0 Å². The van der Waals surface area contributed by atoms with Crippen molar-refractivity contribution in [3.05, 3.63) is 71.8 Å². The smallest absolute Gasteiger partial charge is 0.159 e. The molecule has 0 radical (unpaired) electrons. The molecule has 0 amide bonds. The van der Waals surface area contributed by atoms with E-state index < -0.39 is 0 Å². The summed E-state index contributed by atoms with van der Waals surface area (Å²) in [6.45, 7) is 1.11. The normalized spacial score (nSPS) is 10.4. The third-order valence-corrected chi connectivity index (χ3v) is 2.66. The van der Waals surface area contributed by atoms with Crippen LogP contribution in [0.3, 0.4) is 0 Å². The Balaban J connectivity index is 1.61. The quantitative estimate of drug-likeness (QED) is 0.567. The van der Waals surface area contributed by atoms with E-state index in [4.69, 9.17) is 8.37 Å². The predicted molar refractivity (Wildman–Crippen MR) is 70.1 cm³/mol. The van der Waals surface area contributed by atoms with Gasteiger partial charge in [-0.1, -0.05) is 60.7 Å². The van der Waals surface area contributed by atoms with Crippen LogP contribution in [0.1, 0.15) is 11.1 Å². The monoisotopic (exact) mass is 246 g/mol. The van der Waals surface area contributed by atoms with Gasteiger partial charge in [-0.05, 0) is 11.1 Å². The maximum Gasteiger partial charge on any atom is 0.159 e. The van der Waals surface area contributed by atoms with Crippen molar-refractivity contribution >= 4 is 12.3 Å². The summed E-state index contributed by atoms with van der Waals surface area (Å²) < 4.78 is 10.7. The third-order valence-electron chi connectivity index (χ3n) is 2.23. The van der Waals surface area contributed by atoms with Gasteiger partial charge in [0.25, 0.3) is 0 Å². The lowest BCUT2D eigenvalue weighted by Gasteiger charge is -2.03. The van der Waals surface area contributed by atoms with Gasteiger partial charge >= 0.3 is 0 Å². The number of hydrogen-bond donors (Lipinski definition) is 0. The second kappa shape index (κ2) is 7.12. The molecular formula is C14H14O2S. The Bertz CT molecular complexity index is 375. The molecule has 0 aliphatic carbocycles. The van der Waals surface area contributed by atoms with E-state index in [1.54, 1.807) is 0 Å². The van der Waals surface area contributed by atoms with Gasteiger partial charge in [-0.3, -0.25) is 8.37 Å². The molecule has 0 N–H and O–H groups in total. The SMILES string of the molecule is c1ccc(COSOCc2ccccc2)cc1. The highest BCUT2D eigenvalue weighted by molar-refractivity contribution is 7.89. The van der Waals surface area contributed by atoms with E-state index in [1.807, 2.05) is 60.7 Å². The Morgan fingerprint density at radius 2 is 1.06 bits per heavy atom. The average Bonchev–Trinajstić information content (AvgIpc) is 2.41. The highest BCUT2D eigenvalue weighted by Crippen LogP contribution is 2.13. The van der Waals surface area contributed by atoms with Crippen molar-refractivity contribution in [3.63, 3.8) is 0 Å². The lowest BCUT2D eigenvalue weighted by atomic mass is 10.2. The van der Waals surface area contributed by atoms with E-state index in [1.165, 1.54) is 0 Å². The summed E-state index contributed by atoms with van der Waals surface area (Å²) in [5.74, 6) is 0. The van der Waals surface area contributed by atoms with Gasteiger partial charge in [0.1, 0.15) is 0 Å². The van der Waals surface area contributed by atoms with Crippen LogP contribution in [-0.4, -0.2) is 0 Å². The Hall–Kier alpha value is -1.29. The van der Waals surface area contributed by atoms with Gasteiger partial charge in [-0.15, -0.1) is 0 Å². The maximum atomic E-state index is 5.34. The summed E-state index contributed by atoms with van der Waals surface area (Å²) in [6.07, 6.45) is 0. The summed E-state index contributed by atoms with van der Waals surface area (Å²) >= 11 is 1.04. The highest BCUT2D eigenvalue weighted by atomic mass is 32.2. The van der Waals surface area contributed by atoms with Crippen LogP contribution in [0.5, 0.6) is 0 Å². The van der Waals surface area contributed by atoms with Crippen LogP contribution in [0.2, 0.25) is 0 Å². The highest BCUT2D eigenvalue weighted by Gasteiger charge is 1.95. The minimum atomic E-state index is 0.556. The van der Waals surface area contributed by atoms with Crippen LogP contribution in [0, 0.1) is 0 Å². The molecule has 0 bridgehead atoms. The molecule has 2 aromatic rings. The zero-order valence-corrected chi connectivity index (χ0v) is 10.2. The van der Waals surface area contributed by atoms with Gasteiger partial charge in [0, 0.05) is 0 Å². The Morgan fingerprint density at radius 1 is 0.647 bits per heavy atom. The molecule has 0 unspecified atom stereocenters. The summed E-state index contributed by atoms with van der Waals surface area (Å²) in [6, 6.07) is 20.1. The molecule has 88 valence electrons. The van der Waals surface area contributed by atoms with Crippen molar-refractivity contribution in [2.75, 3.05) is 0 Å². The minimum absolute atomic E-state index is 0.556. The van der Waals surface area contributed by atoms with E-state index >= 15 is 0 Å². The first-order chi connectivity index (χ1) is 8.45. The number of rotatable bonds is 6. The minimum Gasteiger partial charge on any atom is -0.287 e. The lowest BCUT2D eigenvalue weighted by Crippen LogP contribution is -1.88. The topological polar surface area (TPSA) is 18.5 Å². The number of hydrogen-bond acceptors (Lipinski definition) is 3. The van der Waals surface area contributed by atoms with E-state index in [0.29, 0.717) is 13.2 Å².